The number of anilines is 1. The SMILES string of the molecule is Cc1ccc(NC2=NCC(C3CC3)S2)c(F)c1. The van der Waals surface area contributed by atoms with Crippen molar-refractivity contribution in [2.24, 2.45) is 10.9 Å². The Morgan fingerprint density at radius 1 is 1.41 bits per heavy atom. The van der Waals surface area contributed by atoms with E-state index in [-0.39, 0.29) is 5.82 Å². The number of hydrogen-bond acceptors (Lipinski definition) is 3. The van der Waals surface area contributed by atoms with Gasteiger partial charge in [0, 0.05) is 5.25 Å². The van der Waals surface area contributed by atoms with E-state index in [1.807, 2.05) is 13.0 Å². The number of benzene rings is 1. The quantitative estimate of drug-likeness (QED) is 0.869. The Kier molecular flexibility index (Phi) is 2.82. The van der Waals surface area contributed by atoms with E-state index in [2.05, 4.69) is 10.3 Å². The lowest BCUT2D eigenvalue weighted by Crippen LogP contribution is -2.09. The Morgan fingerprint density at radius 3 is 2.94 bits per heavy atom. The fraction of sp³-hybridized carbons (Fsp3) is 0.462. The summed E-state index contributed by atoms with van der Waals surface area (Å²) in [6, 6.07) is 5.23. The zero-order valence-corrected chi connectivity index (χ0v) is 10.6. The van der Waals surface area contributed by atoms with E-state index in [9.17, 15) is 4.39 Å². The Balaban J connectivity index is 1.66. The van der Waals surface area contributed by atoms with Gasteiger partial charge in [0.15, 0.2) is 5.17 Å². The molecule has 0 bridgehead atoms. The molecule has 1 saturated carbocycles. The van der Waals surface area contributed by atoms with Gasteiger partial charge >= 0.3 is 0 Å². The monoisotopic (exact) mass is 250 g/mol. The van der Waals surface area contributed by atoms with Crippen LogP contribution in [0.5, 0.6) is 0 Å². The molecule has 1 unspecified atom stereocenters. The largest absolute Gasteiger partial charge is 0.333 e. The van der Waals surface area contributed by atoms with Gasteiger partial charge in [-0.3, -0.25) is 4.99 Å². The molecule has 1 fully saturated rings. The summed E-state index contributed by atoms with van der Waals surface area (Å²) in [6.07, 6.45) is 2.67. The molecule has 1 aliphatic carbocycles. The first-order valence-electron chi connectivity index (χ1n) is 5.96. The Bertz CT molecular complexity index is 468. The number of nitrogens with one attached hydrogen (secondary N) is 1. The third-order valence-electron chi connectivity index (χ3n) is 3.19. The summed E-state index contributed by atoms with van der Waals surface area (Å²) in [5.74, 6) is 0.633. The molecule has 0 spiro atoms. The fourth-order valence-corrected chi connectivity index (χ4v) is 3.23. The van der Waals surface area contributed by atoms with Crippen LogP contribution in [0.4, 0.5) is 10.1 Å². The summed E-state index contributed by atoms with van der Waals surface area (Å²) >= 11 is 1.76. The molecule has 0 saturated heterocycles. The van der Waals surface area contributed by atoms with Gasteiger partial charge in [-0.2, -0.15) is 0 Å². The zero-order valence-electron chi connectivity index (χ0n) is 9.74. The third kappa shape index (κ3) is 2.46. The minimum absolute atomic E-state index is 0.205. The molecular formula is C13H15FN2S. The van der Waals surface area contributed by atoms with Crippen molar-refractivity contribution in [3.63, 3.8) is 0 Å². The lowest BCUT2D eigenvalue weighted by Gasteiger charge is -2.09. The van der Waals surface area contributed by atoms with Gasteiger partial charge in [0.2, 0.25) is 0 Å². The molecular weight excluding hydrogens is 235 g/mol. The van der Waals surface area contributed by atoms with Crippen LogP contribution in [0.1, 0.15) is 18.4 Å². The third-order valence-corrected chi connectivity index (χ3v) is 4.48. The van der Waals surface area contributed by atoms with Crippen molar-refractivity contribution in [1.82, 2.24) is 0 Å². The van der Waals surface area contributed by atoms with E-state index in [1.165, 1.54) is 12.8 Å². The molecule has 90 valence electrons. The minimum Gasteiger partial charge on any atom is -0.333 e. The lowest BCUT2D eigenvalue weighted by molar-refractivity contribution is 0.631. The van der Waals surface area contributed by atoms with E-state index < -0.39 is 0 Å². The van der Waals surface area contributed by atoms with Crippen molar-refractivity contribution < 1.29 is 4.39 Å². The Labute approximate surface area is 105 Å². The molecule has 3 rings (SSSR count). The summed E-state index contributed by atoms with van der Waals surface area (Å²) in [6.45, 7) is 2.77. The molecule has 1 aromatic rings. The summed E-state index contributed by atoms with van der Waals surface area (Å²) < 4.78 is 13.6. The van der Waals surface area contributed by atoms with E-state index in [0.717, 1.165) is 23.2 Å². The van der Waals surface area contributed by atoms with E-state index in [4.69, 9.17) is 0 Å². The van der Waals surface area contributed by atoms with Gasteiger partial charge in [-0.15, -0.1) is 0 Å². The number of rotatable bonds is 2. The van der Waals surface area contributed by atoms with Crippen LogP contribution in [-0.2, 0) is 0 Å². The molecule has 1 aliphatic heterocycles. The summed E-state index contributed by atoms with van der Waals surface area (Å²) in [5.41, 5.74) is 1.46. The van der Waals surface area contributed by atoms with Crippen molar-refractivity contribution in [3.05, 3.63) is 29.6 Å². The van der Waals surface area contributed by atoms with Crippen LogP contribution in [0, 0.1) is 18.7 Å². The predicted molar refractivity (Wildman–Crippen MR) is 71.2 cm³/mol. The van der Waals surface area contributed by atoms with E-state index in [1.54, 1.807) is 23.9 Å². The zero-order chi connectivity index (χ0) is 11.8. The number of halogens is 1. The molecule has 1 aromatic carbocycles. The van der Waals surface area contributed by atoms with Crippen molar-refractivity contribution >= 4 is 22.6 Å². The topological polar surface area (TPSA) is 24.4 Å². The molecule has 1 N–H and O–H groups in total. The second kappa shape index (κ2) is 4.33. The number of nitrogens with zero attached hydrogens (tertiary/aromatic N) is 1. The maximum absolute atomic E-state index is 13.6. The molecule has 1 atom stereocenters. The van der Waals surface area contributed by atoms with Crippen molar-refractivity contribution in [2.75, 3.05) is 11.9 Å². The Hall–Kier alpha value is -1.03. The van der Waals surface area contributed by atoms with Crippen LogP contribution in [0.2, 0.25) is 0 Å². The van der Waals surface area contributed by atoms with Gasteiger partial charge < -0.3 is 5.32 Å². The number of amidine groups is 1. The first kappa shape index (κ1) is 11.1. The number of thioether (sulfide) groups is 1. The summed E-state index contributed by atoms with van der Waals surface area (Å²) in [5, 5.41) is 4.57. The minimum atomic E-state index is -0.205. The number of aliphatic imine (C=N–C) groups is 1. The van der Waals surface area contributed by atoms with Crippen molar-refractivity contribution in [3.8, 4) is 0 Å². The van der Waals surface area contributed by atoms with Gasteiger partial charge in [0.1, 0.15) is 5.82 Å². The maximum Gasteiger partial charge on any atom is 0.161 e. The first-order chi connectivity index (χ1) is 8.22. The van der Waals surface area contributed by atoms with Crippen molar-refractivity contribution in [1.29, 1.82) is 0 Å². The highest BCUT2D eigenvalue weighted by Gasteiger charge is 2.35. The van der Waals surface area contributed by atoms with E-state index >= 15 is 0 Å². The van der Waals surface area contributed by atoms with Crippen molar-refractivity contribution in [2.45, 2.75) is 25.0 Å². The lowest BCUT2D eigenvalue weighted by atomic mass is 10.2. The van der Waals surface area contributed by atoms with Gasteiger partial charge in [-0.25, -0.2) is 4.39 Å². The number of hydrogen-bond donors (Lipinski definition) is 1. The highest BCUT2D eigenvalue weighted by Crippen LogP contribution is 2.42. The van der Waals surface area contributed by atoms with Crippen LogP contribution in [-0.4, -0.2) is 17.0 Å². The number of aryl methyl sites for hydroxylation is 1. The average molecular weight is 250 g/mol. The van der Waals surface area contributed by atoms with Gasteiger partial charge in [-0.05, 0) is 43.4 Å². The first-order valence-corrected chi connectivity index (χ1v) is 6.84. The van der Waals surface area contributed by atoms with Gasteiger partial charge in [0.05, 0.1) is 12.2 Å². The van der Waals surface area contributed by atoms with Crippen LogP contribution >= 0.6 is 11.8 Å². The highest BCUT2D eigenvalue weighted by atomic mass is 32.2. The van der Waals surface area contributed by atoms with E-state index in [0.29, 0.717) is 10.9 Å². The molecule has 0 amide bonds. The van der Waals surface area contributed by atoms with Gasteiger partial charge in [-0.1, -0.05) is 17.8 Å². The molecule has 0 aromatic heterocycles. The van der Waals surface area contributed by atoms with Gasteiger partial charge in [0.25, 0.3) is 0 Å². The summed E-state index contributed by atoms with van der Waals surface area (Å²) in [7, 11) is 0. The molecule has 0 radical (unpaired) electrons. The molecule has 2 nitrogen and oxygen atoms in total. The molecule has 2 aliphatic rings. The Morgan fingerprint density at radius 2 is 2.24 bits per heavy atom. The van der Waals surface area contributed by atoms with Crippen LogP contribution in [0.3, 0.4) is 0 Å². The normalized spacial score (nSPS) is 23.6. The van der Waals surface area contributed by atoms with Crippen LogP contribution in [0.25, 0.3) is 0 Å². The fourth-order valence-electron chi connectivity index (χ4n) is 2.01. The second-order valence-electron chi connectivity index (χ2n) is 4.75. The highest BCUT2D eigenvalue weighted by molar-refractivity contribution is 8.15. The predicted octanol–water partition coefficient (Wildman–Crippen LogP) is 3.43. The summed E-state index contributed by atoms with van der Waals surface area (Å²) in [4.78, 5) is 4.44. The standard InChI is InChI=1S/C13H15FN2S/c1-8-2-5-11(10(14)6-8)16-13-15-7-12(17-13)9-3-4-9/h2,5-6,9,12H,3-4,7H2,1H3,(H,15,16). The van der Waals surface area contributed by atoms with Crippen LogP contribution < -0.4 is 5.32 Å². The molecule has 4 heteroatoms. The molecule has 17 heavy (non-hydrogen) atoms. The van der Waals surface area contributed by atoms with Crippen LogP contribution in [0.15, 0.2) is 23.2 Å². The second-order valence-corrected chi connectivity index (χ2v) is 5.98. The smallest absolute Gasteiger partial charge is 0.161 e. The average Bonchev–Trinajstić information content (AvgIpc) is 3.04. The molecule has 1 heterocycles. The maximum atomic E-state index is 13.6.